The number of aryl methyl sites for hydroxylation is 6. The maximum Gasteiger partial charge on any atom is 0.0705 e. The van der Waals surface area contributed by atoms with Gasteiger partial charge in [-0.25, -0.2) is 0 Å². The minimum absolute atomic E-state index is 0. The molecule has 0 N–H and O–H groups in total. The van der Waals surface area contributed by atoms with Gasteiger partial charge >= 0.3 is 0 Å². The number of hydrogen-bond donors (Lipinski definition) is 0. The molecule has 0 spiro atoms. The molecular formula is C44H53Cl3N4. The molecule has 0 saturated carbocycles. The van der Waals surface area contributed by atoms with E-state index in [1.807, 2.05) is 12.4 Å². The second kappa shape index (κ2) is 17.4. The Labute approximate surface area is 324 Å². The van der Waals surface area contributed by atoms with Crippen LogP contribution in [0.3, 0.4) is 0 Å². The lowest BCUT2D eigenvalue weighted by Gasteiger charge is -2.40. The van der Waals surface area contributed by atoms with Crippen molar-refractivity contribution in [1.29, 1.82) is 0 Å². The van der Waals surface area contributed by atoms with Gasteiger partial charge in [-0.3, -0.25) is 14.9 Å². The largest absolute Gasteiger partial charge is 0.364 e. The number of rotatable bonds is 8. The third kappa shape index (κ3) is 8.98. The van der Waals surface area contributed by atoms with E-state index in [4.69, 9.17) is 9.97 Å². The van der Waals surface area contributed by atoms with E-state index in [1.165, 1.54) is 86.1 Å². The molecule has 1 aliphatic heterocycles. The van der Waals surface area contributed by atoms with Gasteiger partial charge in [0.25, 0.3) is 0 Å². The van der Waals surface area contributed by atoms with E-state index < -0.39 is 0 Å². The van der Waals surface area contributed by atoms with Gasteiger partial charge in [0.05, 0.1) is 11.4 Å². The van der Waals surface area contributed by atoms with Crippen LogP contribution in [0.1, 0.15) is 74.9 Å². The molecule has 0 unspecified atom stereocenters. The van der Waals surface area contributed by atoms with E-state index in [2.05, 4.69) is 118 Å². The number of hydrogen-bond acceptors (Lipinski definition) is 4. The second-order valence-corrected chi connectivity index (χ2v) is 14.5. The van der Waals surface area contributed by atoms with Crippen LogP contribution in [0, 0.1) is 41.5 Å². The van der Waals surface area contributed by atoms with E-state index in [-0.39, 0.29) is 37.2 Å². The summed E-state index contributed by atoms with van der Waals surface area (Å²) in [6, 6.07) is 25.9. The Morgan fingerprint density at radius 1 is 0.608 bits per heavy atom. The lowest BCUT2D eigenvalue weighted by molar-refractivity contribution is 0.201. The van der Waals surface area contributed by atoms with E-state index in [1.54, 1.807) is 5.56 Å². The molecule has 1 aliphatic carbocycles. The number of likely N-dealkylation sites (tertiary alicyclic amines) is 1. The minimum Gasteiger partial charge on any atom is -0.364 e. The fourth-order valence-corrected chi connectivity index (χ4v) is 7.84. The van der Waals surface area contributed by atoms with Crippen molar-refractivity contribution in [1.82, 2.24) is 14.9 Å². The van der Waals surface area contributed by atoms with Crippen LogP contribution in [0.15, 0.2) is 79.1 Å². The summed E-state index contributed by atoms with van der Waals surface area (Å²) in [5, 5.41) is 0. The van der Waals surface area contributed by atoms with Gasteiger partial charge in [-0.1, -0.05) is 6.07 Å². The van der Waals surface area contributed by atoms with Gasteiger partial charge in [-0.15, -0.1) is 37.2 Å². The van der Waals surface area contributed by atoms with Gasteiger partial charge in [0.2, 0.25) is 0 Å². The highest BCUT2D eigenvalue weighted by Crippen LogP contribution is 2.33. The second-order valence-electron chi connectivity index (χ2n) is 14.5. The number of piperidine rings is 1. The number of pyridine rings is 2. The fraction of sp³-hybridized carbons (Fsp3) is 0.364. The molecule has 0 atom stereocenters. The first-order valence-electron chi connectivity index (χ1n) is 17.9. The summed E-state index contributed by atoms with van der Waals surface area (Å²) in [5.74, 6) is 0. The molecular weight excluding hydrogens is 691 g/mol. The van der Waals surface area contributed by atoms with E-state index >= 15 is 0 Å². The van der Waals surface area contributed by atoms with E-state index in [0.717, 1.165) is 50.4 Å². The van der Waals surface area contributed by atoms with Gasteiger partial charge in [0.15, 0.2) is 0 Å². The Morgan fingerprint density at radius 2 is 1.12 bits per heavy atom. The zero-order chi connectivity index (χ0) is 33.4. The van der Waals surface area contributed by atoms with Gasteiger partial charge in [0.1, 0.15) is 0 Å². The summed E-state index contributed by atoms with van der Waals surface area (Å²) in [6.07, 6.45) is 9.99. The van der Waals surface area contributed by atoms with Crippen molar-refractivity contribution in [3.8, 4) is 22.5 Å². The van der Waals surface area contributed by atoms with Gasteiger partial charge < -0.3 is 4.90 Å². The van der Waals surface area contributed by atoms with Crippen molar-refractivity contribution in [2.45, 2.75) is 92.8 Å². The summed E-state index contributed by atoms with van der Waals surface area (Å²) in [4.78, 5) is 14.9. The molecule has 1 saturated heterocycles. The first-order valence-corrected chi connectivity index (χ1v) is 17.9. The summed E-state index contributed by atoms with van der Waals surface area (Å²) in [6.45, 7) is 17.3. The number of halogens is 3. The standard InChI is InChI=1S/C44H50N4.3ClH/c1-29-20-39(21-30(2)33(29)5)43-24-35(12-16-45-43)27-47-18-14-41(15-19-47)48(42-11-10-37-8-7-9-38(37)26-42)28-36-13-17-46-44(25-36)40-22-31(3)34(6)32(4)23-40;;;/h10-13,16-17,20-26,41H,7-9,14-15,18-19,27-28H2,1-6H3;3*1H. The van der Waals surface area contributed by atoms with Crippen LogP contribution in [-0.2, 0) is 25.9 Å². The average Bonchev–Trinajstić information content (AvgIpc) is 3.57. The van der Waals surface area contributed by atoms with Crippen LogP contribution in [0.5, 0.6) is 0 Å². The number of aromatic nitrogens is 2. The van der Waals surface area contributed by atoms with Crippen LogP contribution in [0.4, 0.5) is 5.69 Å². The number of benzene rings is 3. The Balaban J connectivity index is 0.00000194. The Kier molecular flexibility index (Phi) is 13.8. The Bertz CT molecular complexity index is 1920. The van der Waals surface area contributed by atoms with Gasteiger partial charge in [-0.2, -0.15) is 0 Å². The molecule has 270 valence electrons. The molecule has 7 rings (SSSR count). The molecule has 3 heterocycles. The maximum absolute atomic E-state index is 4.82. The molecule has 0 amide bonds. The normalized spacial score (nSPS) is 14.2. The van der Waals surface area contributed by atoms with Crippen molar-refractivity contribution in [3.63, 3.8) is 0 Å². The zero-order valence-electron chi connectivity index (χ0n) is 31.0. The Morgan fingerprint density at radius 3 is 1.69 bits per heavy atom. The van der Waals surface area contributed by atoms with Gasteiger partial charge in [0, 0.05) is 61.4 Å². The van der Waals surface area contributed by atoms with Crippen molar-refractivity contribution in [2.24, 2.45) is 0 Å². The summed E-state index contributed by atoms with van der Waals surface area (Å²) >= 11 is 0. The third-order valence-electron chi connectivity index (χ3n) is 11.3. The molecule has 2 aromatic heterocycles. The average molecular weight is 744 g/mol. The minimum atomic E-state index is 0. The summed E-state index contributed by atoms with van der Waals surface area (Å²) < 4.78 is 0. The number of fused-ring (bicyclic) bond motifs is 1. The number of nitrogens with zero attached hydrogens (tertiary/aromatic N) is 4. The quantitative estimate of drug-likeness (QED) is 0.158. The fourth-order valence-electron chi connectivity index (χ4n) is 7.84. The zero-order valence-corrected chi connectivity index (χ0v) is 33.4. The monoisotopic (exact) mass is 742 g/mol. The third-order valence-corrected chi connectivity index (χ3v) is 11.3. The Hall–Kier alpha value is -3.41. The van der Waals surface area contributed by atoms with Crippen molar-refractivity contribution >= 4 is 42.9 Å². The summed E-state index contributed by atoms with van der Waals surface area (Å²) in [7, 11) is 0. The molecule has 5 aromatic rings. The first-order chi connectivity index (χ1) is 23.2. The SMILES string of the molecule is Cc1cc(-c2cc(CN3CCC(N(Cc4ccnc(-c5cc(C)c(C)c(C)c5)c4)c4ccc5c(c4)CCC5)CC3)ccn2)cc(C)c1C.Cl.Cl.Cl. The lowest BCUT2D eigenvalue weighted by atomic mass is 9.97. The molecule has 0 radical (unpaired) electrons. The van der Waals surface area contributed by atoms with Crippen LogP contribution in [-0.4, -0.2) is 34.0 Å². The van der Waals surface area contributed by atoms with Crippen LogP contribution >= 0.6 is 37.2 Å². The molecule has 0 bridgehead atoms. The summed E-state index contributed by atoms with van der Waals surface area (Å²) in [5.41, 5.74) is 19.7. The smallest absolute Gasteiger partial charge is 0.0705 e. The van der Waals surface area contributed by atoms with Crippen molar-refractivity contribution in [2.75, 3.05) is 18.0 Å². The predicted octanol–water partition coefficient (Wildman–Crippen LogP) is 11.1. The highest BCUT2D eigenvalue weighted by molar-refractivity contribution is 5.86. The highest BCUT2D eigenvalue weighted by atomic mass is 35.5. The first kappa shape index (κ1) is 40.4. The molecule has 51 heavy (non-hydrogen) atoms. The van der Waals surface area contributed by atoms with Crippen LogP contribution in [0.2, 0.25) is 0 Å². The van der Waals surface area contributed by atoms with Crippen molar-refractivity contribution < 1.29 is 0 Å². The van der Waals surface area contributed by atoms with Crippen LogP contribution in [0.25, 0.3) is 22.5 Å². The number of anilines is 1. The molecule has 1 fully saturated rings. The van der Waals surface area contributed by atoms with Crippen molar-refractivity contribution in [3.05, 3.63) is 135 Å². The molecule has 2 aliphatic rings. The maximum atomic E-state index is 4.82. The highest BCUT2D eigenvalue weighted by Gasteiger charge is 2.26. The van der Waals surface area contributed by atoms with E-state index in [9.17, 15) is 0 Å². The lowest BCUT2D eigenvalue weighted by Crippen LogP contribution is -2.44. The van der Waals surface area contributed by atoms with E-state index in [0.29, 0.717) is 6.04 Å². The van der Waals surface area contributed by atoms with Crippen LogP contribution < -0.4 is 4.90 Å². The molecule has 3 aromatic carbocycles. The topological polar surface area (TPSA) is 32.3 Å². The van der Waals surface area contributed by atoms with Gasteiger partial charge in [-0.05, 0) is 190 Å². The molecule has 7 heteroatoms. The predicted molar refractivity (Wildman–Crippen MR) is 222 cm³/mol. The molecule has 4 nitrogen and oxygen atoms in total.